The smallest absolute Gasteiger partial charge is 0.225 e. The fraction of sp³-hybridized carbons (Fsp3) is 0.545. The highest BCUT2D eigenvalue weighted by molar-refractivity contribution is 9.11. The van der Waals surface area contributed by atoms with Crippen molar-refractivity contribution in [3.05, 3.63) is 20.8 Å². The van der Waals surface area contributed by atoms with Crippen molar-refractivity contribution in [3.8, 4) is 0 Å². The summed E-state index contributed by atoms with van der Waals surface area (Å²) >= 11 is 4.80. The molecule has 0 radical (unpaired) electrons. The van der Waals surface area contributed by atoms with Crippen molar-refractivity contribution < 1.29 is 9.90 Å². The lowest BCUT2D eigenvalue weighted by atomic mass is 9.96. The van der Waals surface area contributed by atoms with E-state index < -0.39 is 11.5 Å². The van der Waals surface area contributed by atoms with E-state index in [1.165, 1.54) is 11.3 Å². The molecular weight excluding hydrogens is 290 g/mol. The molecule has 1 aromatic rings. The zero-order valence-electron chi connectivity index (χ0n) is 9.58. The molecule has 16 heavy (non-hydrogen) atoms. The van der Waals surface area contributed by atoms with Crippen LogP contribution in [0.2, 0.25) is 0 Å². The Bertz CT molecular complexity index is 370. The van der Waals surface area contributed by atoms with Crippen LogP contribution >= 0.6 is 27.3 Å². The van der Waals surface area contributed by atoms with E-state index in [2.05, 4.69) is 21.2 Å². The average molecular weight is 306 g/mol. The molecule has 1 amide bonds. The van der Waals surface area contributed by atoms with E-state index in [-0.39, 0.29) is 12.5 Å². The van der Waals surface area contributed by atoms with Crippen molar-refractivity contribution in [2.24, 2.45) is 5.41 Å². The first kappa shape index (κ1) is 13.7. The van der Waals surface area contributed by atoms with Gasteiger partial charge >= 0.3 is 0 Å². The highest BCUT2D eigenvalue weighted by Gasteiger charge is 2.22. The Kier molecular flexibility index (Phi) is 4.52. The molecular formula is C11H16BrNO2S. The molecule has 1 unspecified atom stereocenters. The summed E-state index contributed by atoms with van der Waals surface area (Å²) in [6.07, 6.45) is -0.636. The fourth-order valence-corrected chi connectivity index (χ4v) is 2.47. The Hall–Kier alpha value is -0.390. The molecule has 0 fully saturated rings. The number of hydrogen-bond donors (Lipinski definition) is 2. The lowest BCUT2D eigenvalue weighted by molar-refractivity contribution is -0.128. The van der Waals surface area contributed by atoms with E-state index in [0.717, 1.165) is 8.66 Å². The Morgan fingerprint density at radius 1 is 1.56 bits per heavy atom. The Labute approximate surface area is 108 Å². The first-order valence-corrected chi connectivity index (χ1v) is 6.63. The van der Waals surface area contributed by atoms with Crippen LogP contribution in [-0.4, -0.2) is 17.6 Å². The third kappa shape index (κ3) is 3.88. The van der Waals surface area contributed by atoms with Crippen LogP contribution < -0.4 is 5.32 Å². The van der Waals surface area contributed by atoms with Gasteiger partial charge in [0, 0.05) is 16.8 Å². The van der Waals surface area contributed by atoms with Gasteiger partial charge in [-0.05, 0) is 28.1 Å². The van der Waals surface area contributed by atoms with E-state index >= 15 is 0 Å². The molecule has 0 aromatic carbocycles. The lowest BCUT2D eigenvalue weighted by Gasteiger charge is -2.19. The summed E-state index contributed by atoms with van der Waals surface area (Å²) in [6, 6.07) is 3.73. The number of carbonyl (C=O) groups excluding carboxylic acids is 1. The van der Waals surface area contributed by atoms with Crippen LogP contribution in [0.4, 0.5) is 0 Å². The molecule has 0 saturated heterocycles. The monoisotopic (exact) mass is 305 g/mol. The van der Waals surface area contributed by atoms with Gasteiger partial charge < -0.3 is 10.4 Å². The van der Waals surface area contributed by atoms with E-state index in [4.69, 9.17) is 0 Å². The average Bonchev–Trinajstić information content (AvgIpc) is 2.59. The van der Waals surface area contributed by atoms with Gasteiger partial charge in [-0.25, -0.2) is 0 Å². The van der Waals surface area contributed by atoms with Gasteiger partial charge in [-0.2, -0.15) is 0 Å². The second kappa shape index (κ2) is 5.29. The summed E-state index contributed by atoms with van der Waals surface area (Å²) in [5.74, 6) is -0.0535. The molecule has 0 aliphatic heterocycles. The zero-order valence-corrected chi connectivity index (χ0v) is 12.0. The second-order valence-electron chi connectivity index (χ2n) is 4.62. The van der Waals surface area contributed by atoms with Crippen LogP contribution in [0.15, 0.2) is 15.9 Å². The van der Waals surface area contributed by atoms with Gasteiger partial charge in [0.2, 0.25) is 5.91 Å². The third-order valence-corrected chi connectivity index (χ3v) is 3.78. The Morgan fingerprint density at radius 2 is 2.19 bits per heavy atom. The zero-order chi connectivity index (χ0) is 12.3. The molecule has 5 heteroatoms. The number of nitrogens with one attached hydrogen (secondary N) is 1. The number of thiophene rings is 1. The first-order chi connectivity index (χ1) is 7.30. The summed E-state index contributed by atoms with van der Waals surface area (Å²) in [4.78, 5) is 12.4. The van der Waals surface area contributed by atoms with Crippen LogP contribution in [0.3, 0.4) is 0 Å². The van der Waals surface area contributed by atoms with Crippen molar-refractivity contribution in [3.63, 3.8) is 0 Å². The molecule has 0 bridgehead atoms. The van der Waals surface area contributed by atoms with Gasteiger partial charge in [0.05, 0.1) is 3.79 Å². The number of amides is 1. The van der Waals surface area contributed by atoms with Crippen LogP contribution in [0.25, 0.3) is 0 Å². The quantitative estimate of drug-likeness (QED) is 0.902. The molecule has 0 spiro atoms. The van der Waals surface area contributed by atoms with Crippen LogP contribution in [-0.2, 0) is 4.79 Å². The van der Waals surface area contributed by atoms with Crippen LogP contribution in [0, 0.1) is 5.41 Å². The number of carbonyl (C=O) groups is 1. The number of aliphatic hydroxyl groups is 1. The maximum absolute atomic E-state index is 11.6. The standard InChI is InChI=1S/C11H16BrNO2S/c1-11(2,3)10(15)13-6-7(14)8-4-5-9(12)16-8/h4-5,7,14H,6H2,1-3H3,(H,13,15). The first-order valence-electron chi connectivity index (χ1n) is 5.02. The molecule has 1 atom stereocenters. The molecule has 90 valence electrons. The number of aliphatic hydroxyl groups excluding tert-OH is 1. The molecule has 0 aliphatic rings. The summed E-state index contributed by atoms with van der Waals surface area (Å²) < 4.78 is 0.976. The molecule has 3 nitrogen and oxygen atoms in total. The van der Waals surface area contributed by atoms with Gasteiger partial charge in [0.15, 0.2) is 0 Å². The van der Waals surface area contributed by atoms with Gasteiger partial charge in [0.25, 0.3) is 0 Å². The molecule has 2 N–H and O–H groups in total. The minimum Gasteiger partial charge on any atom is -0.386 e. The maximum Gasteiger partial charge on any atom is 0.225 e. The number of rotatable bonds is 3. The van der Waals surface area contributed by atoms with Gasteiger partial charge in [0.1, 0.15) is 6.10 Å². The SMILES string of the molecule is CC(C)(C)C(=O)NCC(O)c1ccc(Br)s1. The predicted molar refractivity (Wildman–Crippen MR) is 69.4 cm³/mol. The highest BCUT2D eigenvalue weighted by atomic mass is 79.9. The number of hydrogen-bond acceptors (Lipinski definition) is 3. The van der Waals surface area contributed by atoms with Crippen LogP contribution in [0.1, 0.15) is 31.8 Å². The van der Waals surface area contributed by atoms with E-state index in [0.29, 0.717) is 0 Å². The van der Waals surface area contributed by atoms with E-state index in [1.807, 2.05) is 32.9 Å². The van der Waals surface area contributed by atoms with Crippen molar-refractivity contribution >= 4 is 33.2 Å². The predicted octanol–water partition coefficient (Wildman–Crippen LogP) is 2.71. The van der Waals surface area contributed by atoms with Crippen molar-refractivity contribution in [1.29, 1.82) is 0 Å². The minimum atomic E-state index is -0.636. The topological polar surface area (TPSA) is 49.3 Å². The fourth-order valence-electron chi connectivity index (χ4n) is 1.06. The summed E-state index contributed by atoms with van der Waals surface area (Å²) in [6.45, 7) is 5.78. The van der Waals surface area contributed by atoms with E-state index in [9.17, 15) is 9.90 Å². The van der Waals surface area contributed by atoms with Gasteiger partial charge in [-0.3, -0.25) is 4.79 Å². The van der Waals surface area contributed by atoms with Crippen molar-refractivity contribution in [2.75, 3.05) is 6.54 Å². The number of halogens is 1. The van der Waals surface area contributed by atoms with Gasteiger partial charge in [-0.15, -0.1) is 11.3 Å². The third-order valence-electron chi connectivity index (χ3n) is 2.06. The molecule has 0 aliphatic carbocycles. The largest absolute Gasteiger partial charge is 0.386 e. The highest BCUT2D eigenvalue weighted by Crippen LogP contribution is 2.27. The van der Waals surface area contributed by atoms with Gasteiger partial charge in [-0.1, -0.05) is 20.8 Å². The van der Waals surface area contributed by atoms with Crippen molar-refractivity contribution in [1.82, 2.24) is 5.32 Å². The maximum atomic E-state index is 11.6. The minimum absolute atomic E-state index is 0.0535. The van der Waals surface area contributed by atoms with Crippen molar-refractivity contribution in [2.45, 2.75) is 26.9 Å². The Morgan fingerprint density at radius 3 is 2.62 bits per heavy atom. The van der Waals surface area contributed by atoms with E-state index in [1.54, 1.807) is 0 Å². The molecule has 1 rings (SSSR count). The van der Waals surface area contributed by atoms with Crippen LogP contribution in [0.5, 0.6) is 0 Å². The summed E-state index contributed by atoms with van der Waals surface area (Å²) in [7, 11) is 0. The normalized spacial score (nSPS) is 13.6. The lowest BCUT2D eigenvalue weighted by Crippen LogP contribution is -2.37. The summed E-state index contributed by atoms with van der Waals surface area (Å²) in [5, 5.41) is 12.6. The molecule has 0 saturated carbocycles. The summed E-state index contributed by atoms with van der Waals surface area (Å²) in [5.41, 5.74) is -0.421. The second-order valence-corrected chi connectivity index (χ2v) is 7.11. The Balaban J connectivity index is 2.48. The molecule has 1 aromatic heterocycles. The molecule has 1 heterocycles.